The van der Waals surface area contributed by atoms with Gasteiger partial charge in [0, 0.05) is 29.1 Å². The van der Waals surface area contributed by atoms with Crippen LogP contribution in [0.5, 0.6) is 0 Å². The van der Waals surface area contributed by atoms with Gasteiger partial charge in [0.1, 0.15) is 0 Å². The van der Waals surface area contributed by atoms with Crippen LogP contribution in [0.15, 0.2) is 47.6 Å². The fraction of sp³-hybridized carbons (Fsp3) is 0.353. The molecule has 0 spiro atoms. The third kappa shape index (κ3) is 4.09. The summed E-state index contributed by atoms with van der Waals surface area (Å²) in [4.78, 5) is 5.67. The van der Waals surface area contributed by atoms with E-state index in [-0.39, 0.29) is 0 Å². The Balaban J connectivity index is 2.08. The van der Waals surface area contributed by atoms with Crippen molar-refractivity contribution < 1.29 is 0 Å². The van der Waals surface area contributed by atoms with Gasteiger partial charge in [0.05, 0.1) is 0 Å². The molecule has 2 rings (SSSR count). The zero-order chi connectivity index (χ0) is 14.4. The molecule has 0 aliphatic heterocycles. The molecule has 0 aliphatic rings. The third-order valence-corrected chi connectivity index (χ3v) is 4.52. The monoisotopic (exact) mass is 286 g/mol. The van der Waals surface area contributed by atoms with Crippen molar-refractivity contribution in [1.29, 1.82) is 0 Å². The molecule has 1 atom stereocenters. The molecule has 1 unspecified atom stereocenters. The van der Waals surface area contributed by atoms with Crippen molar-refractivity contribution in [3.63, 3.8) is 0 Å². The van der Waals surface area contributed by atoms with Gasteiger partial charge in [-0.25, -0.2) is 0 Å². The Labute approximate surface area is 126 Å². The number of hydrogen-bond acceptors (Lipinski definition) is 3. The van der Waals surface area contributed by atoms with Crippen molar-refractivity contribution >= 4 is 11.8 Å². The van der Waals surface area contributed by atoms with Crippen LogP contribution in [-0.2, 0) is 0 Å². The van der Waals surface area contributed by atoms with Gasteiger partial charge >= 0.3 is 0 Å². The SMILES string of the molecule is CCNC(CSc1ccccc1C)c1cncc(C)c1. The minimum atomic E-state index is 0.344. The molecule has 1 heterocycles. The molecule has 106 valence electrons. The van der Waals surface area contributed by atoms with Crippen molar-refractivity contribution in [1.82, 2.24) is 10.3 Å². The predicted octanol–water partition coefficient (Wildman–Crippen LogP) is 4.14. The Hall–Kier alpha value is -1.32. The first-order valence-corrected chi connectivity index (χ1v) is 8.02. The van der Waals surface area contributed by atoms with Gasteiger partial charge in [-0.3, -0.25) is 4.98 Å². The highest BCUT2D eigenvalue weighted by atomic mass is 32.2. The minimum absolute atomic E-state index is 0.344. The molecule has 0 saturated heterocycles. The molecule has 0 bridgehead atoms. The molecule has 0 aliphatic carbocycles. The van der Waals surface area contributed by atoms with E-state index in [2.05, 4.69) is 61.4 Å². The molecule has 0 amide bonds. The lowest BCUT2D eigenvalue weighted by Crippen LogP contribution is -2.23. The third-order valence-electron chi connectivity index (χ3n) is 3.25. The molecule has 2 nitrogen and oxygen atoms in total. The summed E-state index contributed by atoms with van der Waals surface area (Å²) in [7, 11) is 0. The number of nitrogens with one attached hydrogen (secondary N) is 1. The average molecular weight is 286 g/mol. The van der Waals surface area contributed by atoms with Crippen molar-refractivity contribution in [3.8, 4) is 0 Å². The molecule has 0 saturated carbocycles. The van der Waals surface area contributed by atoms with E-state index in [0.717, 1.165) is 12.3 Å². The van der Waals surface area contributed by atoms with Crippen molar-refractivity contribution in [2.75, 3.05) is 12.3 Å². The number of benzene rings is 1. The van der Waals surface area contributed by atoms with Gasteiger partial charge in [0.15, 0.2) is 0 Å². The zero-order valence-electron chi connectivity index (χ0n) is 12.4. The standard InChI is InChI=1S/C17H22N2S/c1-4-19-16(15-9-13(2)10-18-11-15)12-20-17-8-6-5-7-14(17)3/h5-11,16,19H,4,12H2,1-3H3. The average Bonchev–Trinajstić information content (AvgIpc) is 2.45. The van der Waals surface area contributed by atoms with E-state index < -0.39 is 0 Å². The molecular formula is C17H22N2S. The summed E-state index contributed by atoms with van der Waals surface area (Å²) in [6, 6.07) is 11.1. The lowest BCUT2D eigenvalue weighted by Gasteiger charge is -2.18. The number of aromatic nitrogens is 1. The molecule has 20 heavy (non-hydrogen) atoms. The fourth-order valence-electron chi connectivity index (χ4n) is 2.18. The fourth-order valence-corrected chi connectivity index (χ4v) is 3.31. The number of hydrogen-bond donors (Lipinski definition) is 1. The Morgan fingerprint density at radius 3 is 2.70 bits per heavy atom. The smallest absolute Gasteiger partial charge is 0.0430 e. The zero-order valence-corrected chi connectivity index (χ0v) is 13.2. The summed E-state index contributed by atoms with van der Waals surface area (Å²) in [5.41, 5.74) is 3.83. The second-order valence-electron chi connectivity index (χ2n) is 4.98. The van der Waals surface area contributed by atoms with E-state index in [0.29, 0.717) is 6.04 Å². The van der Waals surface area contributed by atoms with Crippen LogP contribution in [-0.4, -0.2) is 17.3 Å². The maximum absolute atomic E-state index is 4.31. The Bertz CT molecular complexity index is 554. The van der Waals surface area contributed by atoms with Gasteiger partial charge in [0.2, 0.25) is 0 Å². The number of nitrogens with zero attached hydrogens (tertiary/aromatic N) is 1. The Morgan fingerprint density at radius 1 is 1.20 bits per heavy atom. The molecule has 0 radical (unpaired) electrons. The van der Waals surface area contributed by atoms with Crippen LogP contribution in [0.1, 0.15) is 29.7 Å². The number of rotatable bonds is 6. The molecule has 0 fully saturated rings. The van der Waals surface area contributed by atoms with E-state index >= 15 is 0 Å². The second-order valence-corrected chi connectivity index (χ2v) is 6.04. The summed E-state index contributed by atoms with van der Waals surface area (Å²) >= 11 is 1.91. The normalized spacial score (nSPS) is 12.3. The first kappa shape index (κ1) is 15.1. The topological polar surface area (TPSA) is 24.9 Å². The van der Waals surface area contributed by atoms with Gasteiger partial charge in [-0.2, -0.15) is 0 Å². The van der Waals surface area contributed by atoms with Crippen LogP contribution in [0.2, 0.25) is 0 Å². The maximum atomic E-state index is 4.31. The second kappa shape index (κ2) is 7.46. The predicted molar refractivity (Wildman–Crippen MR) is 87.3 cm³/mol. The van der Waals surface area contributed by atoms with Crippen LogP contribution in [0.4, 0.5) is 0 Å². The minimum Gasteiger partial charge on any atom is -0.309 e. The number of aryl methyl sites for hydroxylation is 2. The van der Waals surface area contributed by atoms with E-state index in [1.807, 2.05) is 24.2 Å². The summed E-state index contributed by atoms with van der Waals surface area (Å²) < 4.78 is 0. The highest BCUT2D eigenvalue weighted by Gasteiger charge is 2.12. The highest BCUT2D eigenvalue weighted by molar-refractivity contribution is 7.99. The number of pyridine rings is 1. The molecular weight excluding hydrogens is 264 g/mol. The first-order valence-electron chi connectivity index (χ1n) is 7.04. The van der Waals surface area contributed by atoms with Gasteiger partial charge < -0.3 is 5.32 Å². The van der Waals surface area contributed by atoms with Gasteiger partial charge in [0.25, 0.3) is 0 Å². The van der Waals surface area contributed by atoms with E-state index in [1.54, 1.807) is 0 Å². The Kier molecular flexibility index (Phi) is 5.62. The summed E-state index contributed by atoms with van der Waals surface area (Å²) in [5.74, 6) is 1.02. The first-order chi connectivity index (χ1) is 9.70. The van der Waals surface area contributed by atoms with Crippen LogP contribution < -0.4 is 5.32 Å². The van der Waals surface area contributed by atoms with Gasteiger partial charge in [-0.05, 0) is 43.1 Å². The van der Waals surface area contributed by atoms with Crippen LogP contribution in [0, 0.1) is 13.8 Å². The van der Waals surface area contributed by atoms with E-state index in [1.165, 1.54) is 21.6 Å². The van der Waals surface area contributed by atoms with E-state index in [9.17, 15) is 0 Å². The van der Waals surface area contributed by atoms with Gasteiger partial charge in [-0.1, -0.05) is 31.2 Å². The number of thioether (sulfide) groups is 1. The molecule has 1 aromatic heterocycles. The van der Waals surface area contributed by atoms with Crippen LogP contribution >= 0.6 is 11.8 Å². The van der Waals surface area contributed by atoms with Crippen molar-refractivity contribution in [3.05, 3.63) is 59.4 Å². The van der Waals surface area contributed by atoms with Crippen LogP contribution in [0.3, 0.4) is 0 Å². The summed E-state index contributed by atoms with van der Waals surface area (Å²) in [6.07, 6.45) is 3.87. The summed E-state index contributed by atoms with van der Waals surface area (Å²) in [5, 5.41) is 3.55. The Morgan fingerprint density at radius 2 is 2.00 bits per heavy atom. The molecule has 3 heteroatoms. The summed E-state index contributed by atoms with van der Waals surface area (Å²) in [6.45, 7) is 7.37. The quantitative estimate of drug-likeness (QED) is 0.808. The molecule has 2 aromatic rings. The maximum Gasteiger partial charge on any atom is 0.0430 e. The van der Waals surface area contributed by atoms with Crippen molar-refractivity contribution in [2.24, 2.45) is 0 Å². The van der Waals surface area contributed by atoms with Gasteiger partial charge in [-0.15, -0.1) is 11.8 Å². The van der Waals surface area contributed by atoms with Crippen LogP contribution in [0.25, 0.3) is 0 Å². The molecule has 1 N–H and O–H groups in total. The lowest BCUT2D eigenvalue weighted by molar-refractivity contribution is 0.603. The van der Waals surface area contributed by atoms with E-state index in [4.69, 9.17) is 0 Å². The highest BCUT2D eigenvalue weighted by Crippen LogP contribution is 2.27. The molecule has 1 aromatic carbocycles. The lowest BCUT2D eigenvalue weighted by atomic mass is 10.1. The largest absolute Gasteiger partial charge is 0.309 e. The van der Waals surface area contributed by atoms with Crippen molar-refractivity contribution in [2.45, 2.75) is 31.7 Å².